The van der Waals surface area contributed by atoms with Crippen LogP contribution in [0.3, 0.4) is 0 Å². The van der Waals surface area contributed by atoms with Crippen LogP contribution in [0.15, 0.2) is 6.20 Å². The number of pyridine rings is 1. The Morgan fingerprint density at radius 2 is 2.21 bits per heavy atom. The molecule has 1 rings (SSSR count). The fourth-order valence-electron chi connectivity index (χ4n) is 1.18. The highest BCUT2D eigenvalue weighted by atomic mass is 19.3. The molecule has 0 atom stereocenters. The van der Waals surface area contributed by atoms with Gasteiger partial charge in [0, 0.05) is 5.69 Å². The normalized spacial score (nSPS) is 10.3. The van der Waals surface area contributed by atoms with Crippen molar-refractivity contribution in [1.82, 2.24) is 4.98 Å². The molecule has 0 N–H and O–H groups in total. The number of alkyl halides is 2. The largest absolute Gasteiger partial charge is 0.267 e. The molecule has 1 aromatic heterocycles. The van der Waals surface area contributed by atoms with Crippen molar-refractivity contribution < 1.29 is 13.2 Å². The number of rotatable bonds is 2. The van der Waals surface area contributed by atoms with Crippen LogP contribution in [0, 0.1) is 24.1 Å². The lowest BCUT2D eigenvalue weighted by Crippen LogP contribution is -2.03. The van der Waals surface area contributed by atoms with E-state index in [2.05, 4.69) is 4.98 Å². The van der Waals surface area contributed by atoms with Gasteiger partial charge < -0.3 is 0 Å². The van der Waals surface area contributed by atoms with Crippen LogP contribution in [-0.4, -0.2) is 4.98 Å². The molecule has 0 aliphatic heterocycles. The molecule has 0 saturated heterocycles. The van der Waals surface area contributed by atoms with Crippen molar-refractivity contribution in [2.75, 3.05) is 0 Å². The number of hydrogen-bond acceptors (Lipinski definition) is 2. The summed E-state index contributed by atoms with van der Waals surface area (Å²) in [4.78, 5) is 3.58. The van der Waals surface area contributed by atoms with Gasteiger partial charge in [0.1, 0.15) is 0 Å². The third kappa shape index (κ3) is 1.84. The number of aryl methyl sites for hydroxylation is 1. The standard InChI is InChI=1S/C9H7F3N2/c1-5-6(2-3-13)8(9(11)12)7(10)4-14-5/h4,9H,2H2,1H3. The van der Waals surface area contributed by atoms with Gasteiger partial charge in [-0.1, -0.05) is 0 Å². The first-order chi connectivity index (χ1) is 6.57. The van der Waals surface area contributed by atoms with Crippen molar-refractivity contribution in [1.29, 1.82) is 5.26 Å². The van der Waals surface area contributed by atoms with Crippen LogP contribution in [0.1, 0.15) is 23.2 Å². The molecule has 0 aliphatic rings. The van der Waals surface area contributed by atoms with Gasteiger partial charge in [-0.25, -0.2) is 13.2 Å². The molecule has 1 heterocycles. The van der Waals surface area contributed by atoms with E-state index >= 15 is 0 Å². The third-order valence-electron chi connectivity index (χ3n) is 1.86. The van der Waals surface area contributed by atoms with E-state index in [1.807, 2.05) is 0 Å². The fourth-order valence-corrected chi connectivity index (χ4v) is 1.18. The van der Waals surface area contributed by atoms with Gasteiger partial charge >= 0.3 is 0 Å². The number of aromatic nitrogens is 1. The second kappa shape index (κ2) is 4.09. The molecule has 0 radical (unpaired) electrons. The Balaban J connectivity index is 3.35. The SMILES string of the molecule is Cc1ncc(F)c(C(F)F)c1CC#N. The first-order valence-corrected chi connectivity index (χ1v) is 3.87. The molecule has 0 fully saturated rings. The molecule has 0 bridgehead atoms. The van der Waals surface area contributed by atoms with E-state index in [0.29, 0.717) is 0 Å². The molecule has 0 aromatic carbocycles. The average molecular weight is 200 g/mol. The summed E-state index contributed by atoms with van der Waals surface area (Å²) in [5, 5.41) is 8.40. The third-order valence-corrected chi connectivity index (χ3v) is 1.86. The lowest BCUT2D eigenvalue weighted by atomic mass is 10.0. The summed E-state index contributed by atoms with van der Waals surface area (Å²) < 4.78 is 37.8. The minimum absolute atomic E-state index is 0.0116. The summed E-state index contributed by atoms with van der Waals surface area (Å²) in [5.74, 6) is -1.06. The first kappa shape index (κ1) is 10.5. The lowest BCUT2D eigenvalue weighted by Gasteiger charge is -2.08. The minimum Gasteiger partial charge on any atom is -0.258 e. The zero-order valence-corrected chi connectivity index (χ0v) is 7.39. The van der Waals surface area contributed by atoms with Crippen LogP contribution in [-0.2, 0) is 6.42 Å². The van der Waals surface area contributed by atoms with Crippen molar-refractivity contribution in [2.45, 2.75) is 19.8 Å². The van der Waals surface area contributed by atoms with Crippen molar-refractivity contribution in [3.63, 3.8) is 0 Å². The number of halogens is 3. The van der Waals surface area contributed by atoms with Crippen molar-refractivity contribution >= 4 is 0 Å². The molecule has 2 nitrogen and oxygen atoms in total. The number of nitrogens with zero attached hydrogens (tertiary/aromatic N) is 2. The zero-order chi connectivity index (χ0) is 10.7. The van der Waals surface area contributed by atoms with E-state index in [4.69, 9.17) is 5.26 Å². The molecule has 0 aliphatic carbocycles. The maximum absolute atomic E-state index is 13.0. The van der Waals surface area contributed by atoms with E-state index in [9.17, 15) is 13.2 Å². The van der Waals surface area contributed by atoms with Crippen LogP contribution in [0.5, 0.6) is 0 Å². The first-order valence-electron chi connectivity index (χ1n) is 3.87. The summed E-state index contributed by atoms with van der Waals surface area (Å²) in [7, 11) is 0. The second-order valence-electron chi connectivity index (χ2n) is 2.72. The maximum atomic E-state index is 13.0. The quantitative estimate of drug-likeness (QED) is 0.735. The van der Waals surface area contributed by atoms with E-state index in [1.54, 1.807) is 6.07 Å². The summed E-state index contributed by atoms with van der Waals surface area (Å²) in [6.07, 6.45) is -2.42. The summed E-state index contributed by atoms with van der Waals surface area (Å²) in [5.41, 5.74) is -0.454. The van der Waals surface area contributed by atoms with Crippen LogP contribution in [0.4, 0.5) is 13.2 Å². The van der Waals surface area contributed by atoms with Crippen LogP contribution in [0.25, 0.3) is 0 Å². The lowest BCUT2D eigenvalue weighted by molar-refractivity contribution is 0.145. The zero-order valence-electron chi connectivity index (χ0n) is 7.39. The van der Waals surface area contributed by atoms with Gasteiger partial charge in [-0.15, -0.1) is 0 Å². The Morgan fingerprint density at radius 1 is 1.57 bits per heavy atom. The smallest absolute Gasteiger partial charge is 0.258 e. The fraction of sp³-hybridized carbons (Fsp3) is 0.333. The van der Waals surface area contributed by atoms with Crippen molar-refractivity contribution in [2.24, 2.45) is 0 Å². The topological polar surface area (TPSA) is 36.7 Å². The summed E-state index contributed by atoms with van der Waals surface area (Å²) in [6, 6.07) is 1.71. The Bertz CT molecular complexity index is 382. The van der Waals surface area contributed by atoms with Gasteiger partial charge in [-0.3, -0.25) is 4.98 Å². The Labute approximate surface area is 79.0 Å². The van der Waals surface area contributed by atoms with Gasteiger partial charge in [0.25, 0.3) is 6.43 Å². The molecule has 74 valence electrons. The highest BCUT2D eigenvalue weighted by Gasteiger charge is 2.20. The van der Waals surface area contributed by atoms with Crippen molar-refractivity contribution in [3.8, 4) is 6.07 Å². The highest BCUT2D eigenvalue weighted by molar-refractivity contribution is 5.33. The van der Waals surface area contributed by atoms with Gasteiger partial charge in [0.05, 0.1) is 24.3 Å². The highest BCUT2D eigenvalue weighted by Crippen LogP contribution is 2.27. The predicted molar refractivity (Wildman–Crippen MR) is 43.2 cm³/mol. The molecular formula is C9H7F3N2. The van der Waals surface area contributed by atoms with Gasteiger partial charge in [0.15, 0.2) is 5.82 Å². The number of nitriles is 1. The van der Waals surface area contributed by atoms with Gasteiger partial charge in [-0.2, -0.15) is 5.26 Å². The van der Waals surface area contributed by atoms with Gasteiger partial charge in [0.2, 0.25) is 0 Å². The van der Waals surface area contributed by atoms with Crippen LogP contribution >= 0.6 is 0 Å². The Kier molecular flexibility index (Phi) is 3.07. The van der Waals surface area contributed by atoms with Crippen LogP contribution in [0.2, 0.25) is 0 Å². The van der Waals surface area contributed by atoms with E-state index in [0.717, 1.165) is 6.20 Å². The Hall–Kier alpha value is -1.57. The maximum Gasteiger partial charge on any atom is 0.267 e. The summed E-state index contributed by atoms with van der Waals surface area (Å²) in [6.45, 7) is 1.47. The molecule has 14 heavy (non-hydrogen) atoms. The second-order valence-corrected chi connectivity index (χ2v) is 2.72. The average Bonchev–Trinajstić information content (AvgIpc) is 2.11. The molecular weight excluding hydrogens is 193 g/mol. The molecule has 1 aromatic rings. The molecule has 0 spiro atoms. The Morgan fingerprint density at radius 3 is 2.71 bits per heavy atom. The van der Waals surface area contributed by atoms with Crippen molar-refractivity contribution in [3.05, 3.63) is 28.8 Å². The van der Waals surface area contributed by atoms with Crippen LogP contribution < -0.4 is 0 Å². The van der Waals surface area contributed by atoms with E-state index in [1.165, 1.54) is 6.92 Å². The molecule has 0 amide bonds. The molecule has 0 unspecified atom stereocenters. The number of hydrogen-bond donors (Lipinski definition) is 0. The molecule has 5 heteroatoms. The minimum atomic E-state index is -2.92. The monoisotopic (exact) mass is 200 g/mol. The summed E-state index contributed by atoms with van der Waals surface area (Å²) >= 11 is 0. The van der Waals surface area contributed by atoms with E-state index < -0.39 is 17.8 Å². The molecule has 0 saturated carbocycles. The van der Waals surface area contributed by atoms with E-state index in [-0.39, 0.29) is 17.7 Å². The predicted octanol–water partition coefficient (Wildman–Crippen LogP) is 2.53. The van der Waals surface area contributed by atoms with Gasteiger partial charge in [-0.05, 0) is 12.5 Å².